The molecule has 1 aliphatic heterocycles. The van der Waals surface area contributed by atoms with Crippen molar-refractivity contribution >= 4 is 27.3 Å². The molecule has 1 saturated heterocycles. The van der Waals surface area contributed by atoms with E-state index in [1.165, 1.54) is 4.88 Å². The molecule has 2 aromatic rings. The van der Waals surface area contributed by atoms with Gasteiger partial charge in [0.25, 0.3) is 0 Å². The molecule has 2 N–H and O–H groups in total. The Morgan fingerprint density at radius 3 is 2.63 bits per heavy atom. The number of aromatic nitrogens is 1. The zero-order valence-electron chi connectivity index (χ0n) is 17.9. The second-order valence-corrected chi connectivity index (χ2v) is 10.6. The summed E-state index contributed by atoms with van der Waals surface area (Å²) in [7, 11) is -3.43. The summed E-state index contributed by atoms with van der Waals surface area (Å²) in [5.74, 6) is 0.701. The van der Waals surface area contributed by atoms with Crippen molar-refractivity contribution in [3.05, 3.63) is 45.4 Å². The minimum absolute atomic E-state index is 0.353. The minimum Gasteiger partial charge on any atom is -0.357 e. The van der Waals surface area contributed by atoms with Gasteiger partial charge in [0.15, 0.2) is 5.96 Å². The lowest BCUT2D eigenvalue weighted by molar-refractivity contribution is 0.346. The highest BCUT2D eigenvalue weighted by molar-refractivity contribution is 7.89. The summed E-state index contributed by atoms with van der Waals surface area (Å²) in [6, 6.07) is 7.13. The fourth-order valence-electron chi connectivity index (χ4n) is 3.47. The predicted octanol–water partition coefficient (Wildman–Crippen LogP) is 3.19. The van der Waals surface area contributed by atoms with E-state index in [1.807, 2.05) is 26.8 Å². The zero-order valence-corrected chi connectivity index (χ0v) is 19.6. The van der Waals surface area contributed by atoms with Crippen LogP contribution in [0.2, 0.25) is 0 Å². The van der Waals surface area contributed by atoms with Crippen molar-refractivity contribution in [2.45, 2.75) is 58.0 Å². The quantitative estimate of drug-likeness (QED) is 0.501. The molecule has 3 rings (SSSR count). The number of aryl methyl sites for hydroxylation is 2. The number of sulfonamides is 1. The van der Waals surface area contributed by atoms with E-state index in [1.54, 1.807) is 33.8 Å². The van der Waals surface area contributed by atoms with E-state index < -0.39 is 10.0 Å². The third-order valence-electron chi connectivity index (χ3n) is 5.03. The number of aliphatic imine (C=N–C) groups is 1. The molecule has 0 unspecified atom stereocenters. The number of rotatable bonds is 7. The van der Waals surface area contributed by atoms with Gasteiger partial charge in [-0.1, -0.05) is 18.6 Å². The van der Waals surface area contributed by atoms with Gasteiger partial charge < -0.3 is 10.6 Å². The van der Waals surface area contributed by atoms with Gasteiger partial charge in [-0.05, 0) is 51.3 Å². The number of hydrogen-bond acceptors (Lipinski definition) is 5. The lowest BCUT2D eigenvalue weighted by atomic mass is 10.2. The van der Waals surface area contributed by atoms with Crippen LogP contribution in [0.3, 0.4) is 0 Å². The number of thiazole rings is 1. The van der Waals surface area contributed by atoms with Gasteiger partial charge in [0, 0.05) is 24.5 Å². The SMILES string of the molecule is CCNC(=NCc1cccc(S(=O)(=O)N2CCCCC2)c1)NCc1sc(C)nc1C. The smallest absolute Gasteiger partial charge is 0.243 e. The van der Waals surface area contributed by atoms with Crippen LogP contribution in [0, 0.1) is 13.8 Å². The molecule has 1 aliphatic rings. The maximum absolute atomic E-state index is 12.9. The Balaban J connectivity index is 1.69. The molecular formula is C21H31N5O2S2. The summed E-state index contributed by atoms with van der Waals surface area (Å²) >= 11 is 1.68. The Kier molecular flexibility index (Phi) is 7.85. The highest BCUT2D eigenvalue weighted by Gasteiger charge is 2.25. The first kappa shape index (κ1) is 22.7. The molecule has 0 atom stereocenters. The van der Waals surface area contributed by atoms with Crippen molar-refractivity contribution in [3.8, 4) is 0 Å². The molecule has 0 saturated carbocycles. The lowest BCUT2D eigenvalue weighted by Crippen LogP contribution is -2.36. The summed E-state index contributed by atoms with van der Waals surface area (Å²) in [5, 5.41) is 7.64. The normalized spacial score (nSPS) is 15.9. The summed E-state index contributed by atoms with van der Waals surface area (Å²) in [6.07, 6.45) is 2.96. The van der Waals surface area contributed by atoms with Gasteiger partial charge in [0.1, 0.15) is 0 Å². The molecular weight excluding hydrogens is 418 g/mol. The number of piperidine rings is 1. The highest BCUT2D eigenvalue weighted by atomic mass is 32.2. The summed E-state index contributed by atoms with van der Waals surface area (Å²) < 4.78 is 27.5. The summed E-state index contributed by atoms with van der Waals surface area (Å²) in [5.41, 5.74) is 1.91. The first-order valence-electron chi connectivity index (χ1n) is 10.4. The third kappa shape index (κ3) is 5.80. The third-order valence-corrected chi connectivity index (χ3v) is 8.00. The molecule has 1 aromatic heterocycles. The van der Waals surface area contributed by atoms with Crippen LogP contribution in [0.25, 0.3) is 0 Å². The molecule has 1 aromatic carbocycles. The Bertz CT molecular complexity index is 979. The van der Waals surface area contributed by atoms with Gasteiger partial charge in [-0.15, -0.1) is 11.3 Å². The molecule has 30 heavy (non-hydrogen) atoms. The molecule has 0 amide bonds. The molecule has 0 aliphatic carbocycles. The van der Waals surface area contributed by atoms with Gasteiger partial charge >= 0.3 is 0 Å². The molecule has 9 heteroatoms. The highest BCUT2D eigenvalue weighted by Crippen LogP contribution is 2.21. The van der Waals surface area contributed by atoms with E-state index in [2.05, 4.69) is 20.6 Å². The standard InChI is InChI=1S/C21H31N5O2S2/c1-4-22-21(24-15-20-16(2)25-17(3)29-20)23-14-18-9-8-10-19(13-18)30(27,28)26-11-6-5-7-12-26/h8-10,13H,4-7,11-12,14-15H2,1-3H3,(H2,22,23,24). The molecule has 7 nitrogen and oxygen atoms in total. The number of nitrogens with zero attached hydrogens (tertiary/aromatic N) is 3. The molecule has 1 fully saturated rings. The maximum atomic E-state index is 12.9. The lowest BCUT2D eigenvalue weighted by Gasteiger charge is -2.26. The molecule has 2 heterocycles. The van der Waals surface area contributed by atoms with Gasteiger partial charge in [-0.2, -0.15) is 4.31 Å². The molecule has 164 valence electrons. The van der Waals surface area contributed by atoms with Crippen LogP contribution in [-0.4, -0.2) is 43.3 Å². The van der Waals surface area contributed by atoms with Crippen molar-refractivity contribution in [2.24, 2.45) is 4.99 Å². The average molecular weight is 450 g/mol. The van der Waals surface area contributed by atoms with Crippen molar-refractivity contribution in [1.82, 2.24) is 19.9 Å². The average Bonchev–Trinajstić information content (AvgIpc) is 3.08. The van der Waals surface area contributed by atoms with E-state index in [-0.39, 0.29) is 0 Å². The predicted molar refractivity (Wildman–Crippen MR) is 122 cm³/mol. The van der Waals surface area contributed by atoms with Gasteiger partial charge in [-0.3, -0.25) is 0 Å². The van der Waals surface area contributed by atoms with Crippen molar-refractivity contribution in [3.63, 3.8) is 0 Å². The molecule has 0 bridgehead atoms. The van der Waals surface area contributed by atoms with Crippen LogP contribution >= 0.6 is 11.3 Å². The van der Waals surface area contributed by atoms with Crippen LogP contribution in [0.4, 0.5) is 0 Å². The Morgan fingerprint density at radius 1 is 1.20 bits per heavy atom. The Labute approximate surface area is 183 Å². The van der Waals surface area contributed by atoms with Gasteiger partial charge in [0.2, 0.25) is 10.0 Å². The second kappa shape index (κ2) is 10.4. The van der Waals surface area contributed by atoms with E-state index in [0.29, 0.717) is 37.0 Å². The number of nitrogens with one attached hydrogen (secondary N) is 2. The van der Waals surface area contributed by atoms with Gasteiger partial charge in [0.05, 0.1) is 28.7 Å². The van der Waals surface area contributed by atoms with Crippen molar-refractivity contribution < 1.29 is 8.42 Å². The van der Waals surface area contributed by atoms with E-state index in [9.17, 15) is 8.42 Å². The summed E-state index contributed by atoms with van der Waals surface area (Å²) in [4.78, 5) is 10.6. The maximum Gasteiger partial charge on any atom is 0.243 e. The number of benzene rings is 1. The second-order valence-electron chi connectivity index (χ2n) is 7.40. The van der Waals surface area contributed by atoms with Gasteiger partial charge in [-0.25, -0.2) is 18.4 Å². The van der Waals surface area contributed by atoms with Crippen LogP contribution < -0.4 is 10.6 Å². The van der Waals surface area contributed by atoms with E-state index >= 15 is 0 Å². The van der Waals surface area contributed by atoms with Crippen LogP contribution in [-0.2, 0) is 23.1 Å². The molecule has 0 radical (unpaired) electrons. The van der Waals surface area contributed by atoms with Crippen LogP contribution in [0.5, 0.6) is 0 Å². The topological polar surface area (TPSA) is 86.7 Å². The monoisotopic (exact) mass is 449 g/mol. The first-order valence-corrected chi connectivity index (χ1v) is 12.7. The number of guanidine groups is 1. The minimum atomic E-state index is -3.43. The first-order chi connectivity index (χ1) is 14.4. The Hall–Kier alpha value is -1.97. The molecule has 0 spiro atoms. The van der Waals surface area contributed by atoms with Crippen LogP contribution in [0.15, 0.2) is 34.2 Å². The van der Waals surface area contributed by atoms with Crippen molar-refractivity contribution in [1.29, 1.82) is 0 Å². The summed E-state index contributed by atoms with van der Waals surface area (Å²) in [6.45, 7) is 9.06. The van der Waals surface area contributed by atoms with E-state index in [4.69, 9.17) is 0 Å². The zero-order chi connectivity index (χ0) is 21.6. The fraction of sp³-hybridized carbons (Fsp3) is 0.524. The largest absolute Gasteiger partial charge is 0.357 e. The Morgan fingerprint density at radius 2 is 1.97 bits per heavy atom. The van der Waals surface area contributed by atoms with E-state index in [0.717, 1.165) is 42.1 Å². The van der Waals surface area contributed by atoms with Crippen molar-refractivity contribution in [2.75, 3.05) is 19.6 Å². The van der Waals surface area contributed by atoms with Crippen LogP contribution in [0.1, 0.15) is 47.3 Å². The number of hydrogen-bond donors (Lipinski definition) is 2. The fourth-order valence-corrected chi connectivity index (χ4v) is 5.94.